The van der Waals surface area contributed by atoms with Crippen molar-refractivity contribution < 1.29 is 4.79 Å². The molecule has 0 aromatic rings. The molecule has 3 aliphatic rings. The Bertz CT molecular complexity index is 337. The maximum atomic E-state index is 12.5. The Balaban J connectivity index is 1.43. The Morgan fingerprint density at radius 2 is 1.81 bits per heavy atom. The Morgan fingerprint density at radius 1 is 1.05 bits per heavy atom. The van der Waals surface area contributed by atoms with E-state index in [1.54, 1.807) is 0 Å². The maximum Gasteiger partial charge on any atom is 0.237 e. The van der Waals surface area contributed by atoms with E-state index in [4.69, 9.17) is 0 Å². The molecule has 3 aliphatic heterocycles. The number of hydrogen-bond donors (Lipinski definition) is 2. The topological polar surface area (TPSA) is 47.6 Å². The molecule has 3 saturated heterocycles. The molecule has 5 nitrogen and oxygen atoms in total. The Kier molecular flexibility index (Phi) is 5.49. The highest BCUT2D eigenvalue weighted by Crippen LogP contribution is 2.24. The number of carbonyl (C=O) groups excluding carboxylic acids is 1. The van der Waals surface area contributed by atoms with Crippen molar-refractivity contribution in [1.29, 1.82) is 0 Å². The Morgan fingerprint density at radius 3 is 2.57 bits per heavy atom. The number of nitrogens with zero attached hydrogens (tertiary/aromatic N) is 2. The lowest BCUT2D eigenvalue weighted by Crippen LogP contribution is -2.51. The lowest BCUT2D eigenvalue weighted by atomic mass is 10.0. The fourth-order valence-corrected chi connectivity index (χ4v) is 4.11. The third-order valence-electron chi connectivity index (χ3n) is 5.30. The standard InChI is InChI=1S/C16H30N4O/c21-16(18-9-13-19-10-1-2-11-19)15-4-3-12-20(15)14-5-7-17-8-6-14/h14-15,17H,1-13H2,(H,18,21). The lowest BCUT2D eigenvalue weighted by molar-refractivity contribution is -0.126. The summed E-state index contributed by atoms with van der Waals surface area (Å²) in [6.07, 6.45) is 7.24. The quantitative estimate of drug-likeness (QED) is 0.771. The van der Waals surface area contributed by atoms with E-state index in [9.17, 15) is 4.79 Å². The monoisotopic (exact) mass is 294 g/mol. The minimum absolute atomic E-state index is 0.131. The summed E-state index contributed by atoms with van der Waals surface area (Å²) in [6, 6.07) is 0.745. The molecule has 3 fully saturated rings. The second-order valence-electron chi connectivity index (χ2n) is 6.72. The van der Waals surface area contributed by atoms with E-state index < -0.39 is 0 Å². The van der Waals surface area contributed by atoms with E-state index in [-0.39, 0.29) is 11.9 Å². The first-order chi connectivity index (χ1) is 10.3. The molecule has 0 spiro atoms. The van der Waals surface area contributed by atoms with Crippen molar-refractivity contribution in [2.45, 2.75) is 50.6 Å². The number of piperidine rings is 1. The van der Waals surface area contributed by atoms with Gasteiger partial charge in [-0.25, -0.2) is 0 Å². The number of amides is 1. The van der Waals surface area contributed by atoms with Gasteiger partial charge in [0.05, 0.1) is 6.04 Å². The average Bonchev–Trinajstić information content (AvgIpc) is 3.19. The molecule has 0 saturated carbocycles. The molecule has 120 valence electrons. The van der Waals surface area contributed by atoms with Gasteiger partial charge in [-0.3, -0.25) is 9.69 Å². The third-order valence-corrected chi connectivity index (χ3v) is 5.30. The molecule has 5 heteroatoms. The highest BCUT2D eigenvalue weighted by Gasteiger charge is 2.35. The van der Waals surface area contributed by atoms with Gasteiger partial charge < -0.3 is 15.5 Å². The van der Waals surface area contributed by atoms with Crippen LogP contribution in [0.2, 0.25) is 0 Å². The zero-order valence-electron chi connectivity index (χ0n) is 13.1. The van der Waals surface area contributed by atoms with Gasteiger partial charge in [0.1, 0.15) is 0 Å². The van der Waals surface area contributed by atoms with Gasteiger partial charge in [-0.2, -0.15) is 0 Å². The first-order valence-electron chi connectivity index (χ1n) is 8.81. The van der Waals surface area contributed by atoms with E-state index in [1.807, 2.05) is 0 Å². The molecule has 0 aromatic heterocycles. The van der Waals surface area contributed by atoms with Crippen molar-refractivity contribution in [3.8, 4) is 0 Å². The summed E-state index contributed by atoms with van der Waals surface area (Å²) in [5.74, 6) is 0.269. The lowest BCUT2D eigenvalue weighted by Gasteiger charge is -2.35. The van der Waals surface area contributed by atoms with Crippen LogP contribution in [0.3, 0.4) is 0 Å². The van der Waals surface area contributed by atoms with Crippen LogP contribution in [0.5, 0.6) is 0 Å². The van der Waals surface area contributed by atoms with Crippen LogP contribution in [0.4, 0.5) is 0 Å². The predicted octanol–water partition coefficient (Wildman–Crippen LogP) is 0.415. The number of carbonyl (C=O) groups is 1. The summed E-state index contributed by atoms with van der Waals surface area (Å²) in [7, 11) is 0. The van der Waals surface area contributed by atoms with E-state index in [2.05, 4.69) is 20.4 Å². The summed E-state index contributed by atoms with van der Waals surface area (Å²) in [5, 5.41) is 6.60. The summed E-state index contributed by atoms with van der Waals surface area (Å²) in [6.45, 7) is 7.56. The molecule has 0 radical (unpaired) electrons. The van der Waals surface area contributed by atoms with Crippen LogP contribution in [0, 0.1) is 0 Å². The zero-order chi connectivity index (χ0) is 14.5. The molecule has 2 N–H and O–H groups in total. The van der Waals surface area contributed by atoms with Gasteiger partial charge in [-0.05, 0) is 71.2 Å². The predicted molar refractivity (Wildman–Crippen MR) is 84.3 cm³/mol. The molecule has 3 rings (SSSR count). The van der Waals surface area contributed by atoms with Crippen LogP contribution in [0.15, 0.2) is 0 Å². The zero-order valence-corrected chi connectivity index (χ0v) is 13.1. The van der Waals surface area contributed by atoms with Gasteiger partial charge in [-0.1, -0.05) is 0 Å². The highest BCUT2D eigenvalue weighted by molar-refractivity contribution is 5.82. The van der Waals surface area contributed by atoms with Crippen LogP contribution < -0.4 is 10.6 Å². The smallest absolute Gasteiger partial charge is 0.237 e. The Labute approximate surface area is 128 Å². The minimum atomic E-state index is 0.131. The average molecular weight is 294 g/mol. The van der Waals surface area contributed by atoms with E-state index in [0.29, 0.717) is 6.04 Å². The van der Waals surface area contributed by atoms with E-state index in [0.717, 1.165) is 39.1 Å². The van der Waals surface area contributed by atoms with Gasteiger partial charge in [0.2, 0.25) is 5.91 Å². The number of hydrogen-bond acceptors (Lipinski definition) is 4. The van der Waals surface area contributed by atoms with Crippen LogP contribution in [0.1, 0.15) is 38.5 Å². The minimum Gasteiger partial charge on any atom is -0.353 e. The molecular formula is C16H30N4O. The van der Waals surface area contributed by atoms with Gasteiger partial charge in [-0.15, -0.1) is 0 Å². The summed E-state index contributed by atoms with van der Waals surface area (Å²) in [4.78, 5) is 17.4. The molecule has 0 aliphatic carbocycles. The highest BCUT2D eigenvalue weighted by atomic mass is 16.2. The van der Waals surface area contributed by atoms with Crippen LogP contribution in [0.25, 0.3) is 0 Å². The van der Waals surface area contributed by atoms with Crippen molar-refractivity contribution in [3.05, 3.63) is 0 Å². The maximum absolute atomic E-state index is 12.5. The Hall–Kier alpha value is -0.650. The van der Waals surface area contributed by atoms with Crippen molar-refractivity contribution in [3.63, 3.8) is 0 Å². The third kappa shape index (κ3) is 3.96. The SMILES string of the molecule is O=C(NCCN1CCCC1)C1CCCN1C1CCNCC1. The number of nitrogens with one attached hydrogen (secondary N) is 2. The molecule has 0 bridgehead atoms. The van der Waals surface area contributed by atoms with Gasteiger partial charge in [0.25, 0.3) is 0 Å². The van der Waals surface area contributed by atoms with E-state index >= 15 is 0 Å². The van der Waals surface area contributed by atoms with Crippen molar-refractivity contribution in [2.24, 2.45) is 0 Å². The van der Waals surface area contributed by atoms with Gasteiger partial charge in [0.15, 0.2) is 0 Å². The molecule has 3 heterocycles. The fraction of sp³-hybridized carbons (Fsp3) is 0.938. The largest absolute Gasteiger partial charge is 0.353 e. The van der Waals surface area contributed by atoms with Crippen LogP contribution >= 0.6 is 0 Å². The summed E-state index contributed by atoms with van der Waals surface area (Å²) < 4.78 is 0. The normalized spacial score (nSPS) is 29.0. The van der Waals surface area contributed by atoms with Crippen LogP contribution in [-0.4, -0.2) is 73.6 Å². The molecule has 21 heavy (non-hydrogen) atoms. The van der Waals surface area contributed by atoms with Gasteiger partial charge >= 0.3 is 0 Å². The summed E-state index contributed by atoms with van der Waals surface area (Å²) in [5.41, 5.74) is 0. The van der Waals surface area contributed by atoms with E-state index in [1.165, 1.54) is 45.2 Å². The second-order valence-corrected chi connectivity index (χ2v) is 6.72. The second kappa shape index (κ2) is 7.56. The fourth-order valence-electron chi connectivity index (χ4n) is 4.11. The first-order valence-corrected chi connectivity index (χ1v) is 8.81. The molecule has 1 unspecified atom stereocenters. The van der Waals surface area contributed by atoms with Crippen molar-refractivity contribution in [1.82, 2.24) is 20.4 Å². The van der Waals surface area contributed by atoms with Gasteiger partial charge in [0, 0.05) is 19.1 Å². The molecule has 1 atom stereocenters. The van der Waals surface area contributed by atoms with Crippen molar-refractivity contribution >= 4 is 5.91 Å². The molecule has 0 aromatic carbocycles. The number of likely N-dealkylation sites (tertiary alicyclic amines) is 2. The van der Waals surface area contributed by atoms with Crippen LogP contribution in [-0.2, 0) is 4.79 Å². The molecule has 1 amide bonds. The summed E-state index contributed by atoms with van der Waals surface area (Å²) >= 11 is 0. The molecular weight excluding hydrogens is 264 g/mol. The van der Waals surface area contributed by atoms with Crippen molar-refractivity contribution in [2.75, 3.05) is 45.8 Å². The number of rotatable bonds is 5. The first kappa shape index (κ1) is 15.3.